The zero-order chi connectivity index (χ0) is 24.7. The topological polar surface area (TPSA) is 129 Å². The van der Waals surface area contributed by atoms with Crippen LogP contribution in [0, 0.1) is 0 Å². The van der Waals surface area contributed by atoms with Gasteiger partial charge in [0.05, 0.1) is 12.4 Å². The molecule has 0 aliphatic carbocycles. The van der Waals surface area contributed by atoms with Crippen molar-refractivity contribution in [3.63, 3.8) is 0 Å². The second-order valence-corrected chi connectivity index (χ2v) is 9.16. The van der Waals surface area contributed by atoms with E-state index in [0.717, 1.165) is 59.4 Å². The van der Waals surface area contributed by atoms with Crippen LogP contribution in [0.15, 0.2) is 43.1 Å². The minimum atomic E-state index is -0.278. The predicted octanol–water partition coefficient (Wildman–Crippen LogP) is 3.46. The zero-order valence-corrected chi connectivity index (χ0v) is 20.1. The first kappa shape index (κ1) is 24.1. The Morgan fingerprint density at radius 1 is 1.08 bits per heavy atom. The number of nitrogens with one attached hydrogen (secondary N) is 2. The molecule has 0 bridgehead atoms. The van der Waals surface area contributed by atoms with Crippen molar-refractivity contribution < 1.29 is 14.6 Å². The van der Waals surface area contributed by atoms with Crippen LogP contribution in [-0.2, 0) is 11.3 Å². The Morgan fingerprint density at radius 3 is 2.75 bits per heavy atom. The molecule has 10 heteroatoms. The summed E-state index contributed by atoms with van der Waals surface area (Å²) >= 11 is 0. The highest BCUT2D eigenvalue weighted by molar-refractivity contribution is 5.87. The molecule has 0 spiro atoms. The molecule has 2 aliphatic heterocycles. The molecule has 188 valence electrons. The molecule has 10 nitrogen and oxygen atoms in total. The third-order valence-corrected chi connectivity index (χ3v) is 6.90. The van der Waals surface area contributed by atoms with Crippen LogP contribution in [0.3, 0.4) is 0 Å². The fourth-order valence-corrected chi connectivity index (χ4v) is 5.22. The molecule has 0 saturated carbocycles. The van der Waals surface area contributed by atoms with E-state index in [2.05, 4.69) is 48.4 Å². The fraction of sp³-hybridized carbons (Fsp3) is 0.423. The van der Waals surface area contributed by atoms with Gasteiger partial charge >= 0.3 is 0 Å². The summed E-state index contributed by atoms with van der Waals surface area (Å²) < 4.78 is 6.74. The molecule has 0 radical (unpaired) electrons. The van der Waals surface area contributed by atoms with Gasteiger partial charge in [0.15, 0.2) is 11.8 Å². The maximum atomic E-state index is 8.36. The van der Waals surface area contributed by atoms with Crippen molar-refractivity contribution >= 4 is 28.5 Å². The van der Waals surface area contributed by atoms with Crippen molar-refractivity contribution in [3.05, 3.63) is 54.4 Å². The van der Waals surface area contributed by atoms with E-state index in [-0.39, 0.29) is 18.6 Å². The number of aromatic amines is 1. The number of hydrogen-bond acceptors (Lipinski definition) is 8. The molecule has 2 saturated heterocycles. The van der Waals surface area contributed by atoms with Crippen molar-refractivity contribution in [3.8, 4) is 5.75 Å². The molecule has 1 unspecified atom stereocenters. The SMILES string of the molecule is O=CO.c1cnc2c(O[C@@H](c3ncnc4[nH]cnc34)C3CCCN3)ccc(CN3CCCCC3)c2c1. The number of H-pyrrole nitrogens is 1. The summed E-state index contributed by atoms with van der Waals surface area (Å²) in [6.45, 7) is 4.02. The van der Waals surface area contributed by atoms with E-state index in [4.69, 9.17) is 19.6 Å². The number of nitrogens with zero attached hydrogens (tertiary/aromatic N) is 5. The van der Waals surface area contributed by atoms with Gasteiger partial charge in [-0.3, -0.25) is 14.7 Å². The summed E-state index contributed by atoms with van der Waals surface area (Å²) in [6.07, 6.45) is 10.9. The summed E-state index contributed by atoms with van der Waals surface area (Å²) in [5.41, 5.74) is 4.51. The first-order chi connectivity index (χ1) is 17.8. The number of rotatable bonds is 6. The Bertz CT molecular complexity index is 1300. The van der Waals surface area contributed by atoms with Crippen molar-refractivity contribution in [1.82, 2.24) is 35.1 Å². The maximum Gasteiger partial charge on any atom is 0.290 e. The summed E-state index contributed by atoms with van der Waals surface area (Å²) in [6, 6.07) is 8.62. The van der Waals surface area contributed by atoms with Crippen LogP contribution >= 0.6 is 0 Å². The molecule has 4 aromatic rings. The van der Waals surface area contributed by atoms with Crippen molar-refractivity contribution in [2.24, 2.45) is 0 Å². The number of fused-ring (bicyclic) bond motifs is 2. The average Bonchev–Trinajstić information content (AvgIpc) is 3.62. The van der Waals surface area contributed by atoms with E-state index in [1.54, 1.807) is 12.7 Å². The Morgan fingerprint density at radius 2 is 1.94 bits per heavy atom. The number of hydrogen-bond donors (Lipinski definition) is 3. The smallest absolute Gasteiger partial charge is 0.290 e. The Labute approximate surface area is 209 Å². The molecule has 36 heavy (non-hydrogen) atoms. The Kier molecular flexibility index (Phi) is 7.63. The third-order valence-electron chi connectivity index (χ3n) is 6.90. The van der Waals surface area contributed by atoms with E-state index in [9.17, 15) is 0 Å². The summed E-state index contributed by atoms with van der Waals surface area (Å²) in [5.74, 6) is 0.786. The van der Waals surface area contributed by atoms with Crippen LogP contribution in [0.4, 0.5) is 0 Å². The first-order valence-corrected chi connectivity index (χ1v) is 12.5. The van der Waals surface area contributed by atoms with Gasteiger partial charge in [0.25, 0.3) is 6.47 Å². The number of aromatic nitrogens is 5. The second-order valence-electron chi connectivity index (χ2n) is 9.16. The summed E-state index contributed by atoms with van der Waals surface area (Å²) in [7, 11) is 0. The lowest BCUT2D eigenvalue weighted by Crippen LogP contribution is -2.33. The number of benzene rings is 1. The van der Waals surface area contributed by atoms with Crippen LogP contribution < -0.4 is 10.1 Å². The molecule has 5 heterocycles. The van der Waals surface area contributed by atoms with Crippen LogP contribution in [0.5, 0.6) is 5.75 Å². The summed E-state index contributed by atoms with van der Waals surface area (Å²) in [5, 5.41) is 11.6. The molecule has 2 atom stereocenters. The van der Waals surface area contributed by atoms with E-state index >= 15 is 0 Å². The first-order valence-electron chi connectivity index (χ1n) is 12.5. The van der Waals surface area contributed by atoms with Crippen LogP contribution in [-0.4, -0.2) is 67.1 Å². The molecule has 3 N–H and O–H groups in total. The quantitative estimate of drug-likeness (QED) is 0.349. The fourth-order valence-electron chi connectivity index (χ4n) is 5.22. The van der Waals surface area contributed by atoms with Crippen LogP contribution in [0.25, 0.3) is 22.1 Å². The molecule has 3 aromatic heterocycles. The van der Waals surface area contributed by atoms with Gasteiger partial charge in [-0.1, -0.05) is 18.6 Å². The number of ether oxygens (including phenoxy) is 1. The Balaban J connectivity index is 0.000000848. The van der Waals surface area contributed by atoms with Crippen LogP contribution in [0.1, 0.15) is 49.5 Å². The molecule has 6 rings (SSSR count). The average molecular weight is 490 g/mol. The van der Waals surface area contributed by atoms with E-state index in [1.807, 2.05) is 12.3 Å². The molecule has 2 aliphatic rings. The lowest BCUT2D eigenvalue weighted by Gasteiger charge is -2.28. The van der Waals surface area contributed by atoms with Gasteiger partial charge in [-0.25, -0.2) is 15.0 Å². The standard InChI is InChI=1S/C25H29N7O.CH2O2/c1-2-12-32(13-3-1)14-17-8-9-20(21-18(17)6-4-11-27-21)33-24(19-7-5-10-26-19)22-23-25(30-15-28-22)31-16-29-23;2-1-3/h4,6,8-9,11,15-16,19,24,26H,1-3,5,7,10,12-14H2,(H,28,29,30,31);1H,(H,2,3)/t19?,24-;/m1./s1. The van der Waals surface area contributed by atoms with Gasteiger partial charge in [-0.15, -0.1) is 0 Å². The normalized spacial score (nSPS) is 19.1. The maximum absolute atomic E-state index is 8.36. The molecule has 2 fully saturated rings. The van der Waals surface area contributed by atoms with E-state index in [1.165, 1.54) is 37.9 Å². The van der Waals surface area contributed by atoms with Crippen LogP contribution in [0.2, 0.25) is 0 Å². The van der Waals surface area contributed by atoms with Gasteiger partial charge < -0.3 is 20.1 Å². The highest BCUT2D eigenvalue weighted by atomic mass is 16.5. The van der Waals surface area contributed by atoms with Crippen molar-refractivity contribution in [2.45, 2.75) is 50.8 Å². The van der Waals surface area contributed by atoms with Gasteiger partial charge in [0.2, 0.25) is 0 Å². The highest BCUT2D eigenvalue weighted by Crippen LogP contribution is 2.35. The van der Waals surface area contributed by atoms with Gasteiger partial charge in [0, 0.05) is 18.1 Å². The summed E-state index contributed by atoms with van der Waals surface area (Å²) in [4.78, 5) is 32.1. The van der Waals surface area contributed by atoms with Gasteiger partial charge in [-0.05, 0) is 63.0 Å². The molecular formula is C26H31N7O3. The minimum absolute atomic E-state index is 0.159. The number of likely N-dealkylation sites (tertiary alicyclic amines) is 1. The largest absolute Gasteiger partial charge is 0.483 e. The van der Waals surface area contributed by atoms with Gasteiger partial charge in [0.1, 0.15) is 28.8 Å². The van der Waals surface area contributed by atoms with E-state index < -0.39 is 0 Å². The zero-order valence-electron chi connectivity index (χ0n) is 20.1. The van der Waals surface area contributed by atoms with Gasteiger partial charge in [-0.2, -0.15) is 0 Å². The van der Waals surface area contributed by atoms with Crippen molar-refractivity contribution in [2.75, 3.05) is 19.6 Å². The monoisotopic (exact) mass is 489 g/mol. The third kappa shape index (κ3) is 5.14. The number of imidazole rings is 1. The molecule has 0 amide bonds. The highest BCUT2D eigenvalue weighted by Gasteiger charge is 2.32. The Hall–Kier alpha value is -3.63. The number of carboxylic acid groups (broad SMARTS) is 1. The lowest BCUT2D eigenvalue weighted by molar-refractivity contribution is -0.122. The number of pyridine rings is 1. The molecule has 1 aromatic carbocycles. The minimum Gasteiger partial charge on any atom is -0.483 e. The van der Waals surface area contributed by atoms with Crippen molar-refractivity contribution in [1.29, 1.82) is 0 Å². The molecular weight excluding hydrogens is 458 g/mol. The van der Waals surface area contributed by atoms with E-state index in [0.29, 0.717) is 0 Å². The lowest BCUT2D eigenvalue weighted by atomic mass is 10.0. The number of carbonyl (C=O) groups is 1. The number of piperidine rings is 1. The predicted molar refractivity (Wildman–Crippen MR) is 136 cm³/mol. The second kappa shape index (κ2) is 11.4.